The van der Waals surface area contributed by atoms with Crippen molar-refractivity contribution in [1.29, 1.82) is 0 Å². The van der Waals surface area contributed by atoms with Gasteiger partial charge in [-0.15, -0.1) is 0 Å². The highest BCUT2D eigenvalue weighted by Crippen LogP contribution is 2.20. The van der Waals surface area contributed by atoms with Crippen molar-refractivity contribution in [2.45, 2.75) is 24.8 Å². The number of nitrogens with one attached hydrogen (secondary N) is 1. The van der Waals surface area contributed by atoms with E-state index in [1.807, 2.05) is 0 Å². The molecule has 1 aromatic carbocycles. The molecule has 0 bridgehead atoms. The highest BCUT2D eigenvalue weighted by Gasteiger charge is 2.16. The third kappa shape index (κ3) is 2.40. The molecule has 1 aromatic heterocycles. The quantitative estimate of drug-likeness (QED) is 0.855. The first-order chi connectivity index (χ1) is 7.88. The number of nitrogens with two attached hydrogens (primary N) is 1. The first kappa shape index (κ1) is 11.9. The van der Waals surface area contributed by atoms with Crippen LogP contribution in [0.5, 0.6) is 0 Å². The molecule has 92 valence electrons. The molecule has 2 aromatic rings. The van der Waals surface area contributed by atoms with Crippen molar-refractivity contribution in [1.82, 2.24) is 9.71 Å². The number of anilines is 1. The number of benzene rings is 1. The Morgan fingerprint density at radius 2 is 2.12 bits per heavy atom. The van der Waals surface area contributed by atoms with Gasteiger partial charge in [-0.1, -0.05) is 0 Å². The van der Waals surface area contributed by atoms with E-state index in [0.29, 0.717) is 11.1 Å². The standard InChI is InChI=1S/C10H13N3O3S/c1-6(2)13-17(14,15)7-3-4-9-8(5-7)12-10(11)16-9/h3-6,13H,1-2H3,(H2,11,12). The first-order valence-electron chi connectivity index (χ1n) is 5.07. The summed E-state index contributed by atoms with van der Waals surface area (Å²) >= 11 is 0. The molecule has 6 nitrogen and oxygen atoms in total. The zero-order chi connectivity index (χ0) is 12.6. The van der Waals surface area contributed by atoms with E-state index >= 15 is 0 Å². The number of oxazole rings is 1. The van der Waals surface area contributed by atoms with Gasteiger partial charge in [0.1, 0.15) is 5.52 Å². The molecule has 17 heavy (non-hydrogen) atoms. The minimum atomic E-state index is -3.51. The predicted molar refractivity (Wildman–Crippen MR) is 63.9 cm³/mol. The van der Waals surface area contributed by atoms with Gasteiger partial charge in [0.2, 0.25) is 10.0 Å². The Bertz CT molecular complexity index is 646. The van der Waals surface area contributed by atoms with Gasteiger partial charge in [-0.25, -0.2) is 13.1 Å². The molecule has 0 radical (unpaired) electrons. The van der Waals surface area contributed by atoms with Crippen LogP contribution in [-0.4, -0.2) is 19.4 Å². The number of nitrogens with zero attached hydrogens (tertiary/aromatic N) is 1. The van der Waals surface area contributed by atoms with E-state index in [4.69, 9.17) is 10.2 Å². The molecule has 2 rings (SSSR count). The molecule has 0 amide bonds. The van der Waals surface area contributed by atoms with Crippen LogP contribution in [0.4, 0.5) is 6.01 Å². The second kappa shape index (κ2) is 4.01. The summed E-state index contributed by atoms with van der Waals surface area (Å²) in [6.07, 6.45) is 0. The molecule has 0 aliphatic rings. The van der Waals surface area contributed by atoms with Crippen molar-refractivity contribution >= 4 is 27.1 Å². The fourth-order valence-corrected chi connectivity index (χ4v) is 2.74. The molecule has 0 saturated heterocycles. The van der Waals surface area contributed by atoms with Gasteiger partial charge < -0.3 is 10.2 Å². The Kier molecular flexibility index (Phi) is 2.80. The van der Waals surface area contributed by atoms with E-state index in [1.165, 1.54) is 18.2 Å². The van der Waals surface area contributed by atoms with E-state index in [2.05, 4.69) is 9.71 Å². The molecule has 0 saturated carbocycles. The average molecular weight is 255 g/mol. The summed E-state index contributed by atoms with van der Waals surface area (Å²) in [7, 11) is -3.51. The number of hydrogen-bond donors (Lipinski definition) is 2. The molecule has 3 N–H and O–H groups in total. The van der Waals surface area contributed by atoms with E-state index in [1.54, 1.807) is 13.8 Å². The minimum Gasteiger partial charge on any atom is -0.424 e. The summed E-state index contributed by atoms with van der Waals surface area (Å²) in [5, 5.41) is 0. The zero-order valence-corrected chi connectivity index (χ0v) is 10.3. The second-order valence-electron chi connectivity index (χ2n) is 3.96. The summed E-state index contributed by atoms with van der Waals surface area (Å²) in [6, 6.07) is 4.27. The van der Waals surface area contributed by atoms with Gasteiger partial charge in [-0.05, 0) is 32.0 Å². The zero-order valence-electron chi connectivity index (χ0n) is 9.47. The van der Waals surface area contributed by atoms with Crippen LogP contribution in [0, 0.1) is 0 Å². The molecule has 1 heterocycles. The maximum atomic E-state index is 11.9. The number of fused-ring (bicyclic) bond motifs is 1. The van der Waals surface area contributed by atoms with E-state index < -0.39 is 10.0 Å². The van der Waals surface area contributed by atoms with Gasteiger partial charge >= 0.3 is 0 Å². The predicted octanol–water partition coefficient (Wildman–Crippen LogP) is 1.10. The third-order valence-corrected chi connectivity index (χ3v) is 3.73. The van der Waals surface area contributed by atoms with Crippen LogP contribution in [0.25, 0.3) is 11.1 Å². The van der Waals surface area contributed by atoms with Crippen LogP contribution in [0.15, 0.2) is 27.5 Å². The SMILES string of the molecule is CC(C)NS(=O)(=O)c1ccc2oc(N)nc2c1. The first-order valence-corrected chi connectivity index (χ1v) is 6.55. The van der Waals surface area contributed by atoms with Crippen LogP contribution in [0.3, 0.4) is 0 Å². The lowest BCUT2D eigenvalue weighted by Gasteiger charge is -2.08. The highest BCUT2D eigenvalue weighted by atomic mass is 32.2. The van der Waals surface area contributed by atoms with Gasteiger partial charge in [0.15, 0.2) is 5.58 Å². The van der Waals surface area contributed by atoms with Crippen LogP contribution in [0.2, 0.25) is 0 Å². The largest absolute Gasteiger partial charge is 0.424 e. The fourth-order valence-electron chi connectivity index (χ4n) is 1.47. The summed E-state index contributed by atoms with van der Waals surface area (Å²) in [4.78, 5) is 4.03. The van der Waals surface area contributed by atoms with Crippen molar-refractivity contribution < 1.29 is 12.8 Å². The maximum Gasteiger partial charge on any atom is 0.292 e. The Balaban J connectivity index is 2.49. The van der Waals surface area contributed by atoms with Gasteiger partial charge in [0, 0.05) is 6.04 Å². The number of nitrogen functional groups attached to an aromatic ring is 1. The summed E-state index contributed by atoms with van der Waals surface area (Å²) in [6.45, 7) is 3.51. The summed E-state index contributed by atoms with van der Waals surface area (Å²) in [5.41, 5.74) is 6.28. The summed E-state index contributed by atoms with van der Waals surface area (Å²) in [5.74, 6) is 0. The third-order valence-electron chi connectivity index (χ3n) is 2.08. The fraction of sp³-hybridized carbons (Fsp3) is 0.300. The highest BCUT2D eigenvalue weighted by molar-refractivity contribution is 7.89. The second-order valence-corrected chi connectivity index (χ2v) is 5.67. The Labute approximate surface area is 98.9 Å². The van der Waals surface area contributed by atoms with Gasteiger partial charge in [0.25, 0.3) is 6.01 Å². The van der Waals surface area contributed by atoms with Gasteiger partial charge in [-0.3, -0.25) is 0 Å². The molecule has 0 spiro atoms. The number of hydrogen-bond acceptors (Lipinski definition) is 5. The number of aromatic nitrogens is 1. The Morgan fingerprint density at radius 1 is 1.41 bits per heavy atom. The van der Waals surface area contributed by atoms with Crippen LogP contribution >= 0.6 is 0 Å². The molecule has 0 fully saturated rings. The topological polar surface area (TPSA) is 98.2 Å². The van der Waals surface area contributed by atoms with Gasteiger partial charge in [-0.2, -0.15) is 4.98 Å². The molecular formula is C10H13N3O3S. The Morgan fingerprint density at radius 3 is 2.76 bits per heavy atom. The van der Waals surface area contributed by atoms with E-state index in [9.17, 15) is 8.42 Å². The van der Waals surface area contributed by atoms with Gasteiger partial charge in [0.05, 0.1) is 4.90 Å². The minimum absolute atomic E-state index is 0.0198. The lowest BCUT2D eigenvalue weighted by Crippen LogP contribution is -2.30. The van der Waals surface area contributed by atoms with Crippen molar-refractivity contribution in [2.24, 2.45) is 0 Å². The molecule has 0 atom stereocenters. The van der Waals surface area contributed by atoms with E-state index in [0.717, 1.165) is 0 Å². The number of sulfonamides is 1. The normalized spacial score (nSPS) is 12.4. The number of rotatable bonds is 3. The van der Waals surface area contributed by atoms with Crippen molar-refractivity contribution in [3.8, 4) is 0 Å². The molecule has 7 heteroatoms. The van der Waals surface area contributed by atoms with Crippen molar-refractivity contribution in [3.05, 3.63) is 18.2 Å². The lowest BCUT2D eigenvalue weighted by molar-refractivity contribution is 0.570. The Hall–Kier alpha value is -1.60. The molecule has 0 aliphatic carbocycles. The average Bonchev–Trinajstić information content (AvgIpc) is 2.54. The van der Waals surface area contributed by atoms with Crippen molar-refractivity contribution in [2.75, 3.05) is 5.73 Å². The maximum absolute atomic E-state index is 11.9. The summed E-state index contributed by atoms with van der Waals surface area (Å²) < 4.78 is 31.3. The molecule has 0 unspecified atom stereocenters. The molecule has 0 aliphatic heterocycles. The van der Waals surface area contributed by atoms with E-state index in [-0.39, 0.29) is 17.0 Å². The monoisotopic (exact) mass is 255 g/mol. The molecular weight excluding hydrogens is 242 g/mol. The van der Waals surface area contributed by atoms with Crippen molar-refractivity contribution in [3.63, 3.8) is 0 Å². The smallest absolute Gasteiger partial charge is 0.292 e. The lowest BCUT2D eigenvalue weighted by atomic mass is 10.3. The van der Waals surface area contributed by atoms with Crippen LogP contribution < -0.4 is 10.5 Å². The van der Waals surface area contributed by atoms with Crippen LogP contribution in [0.1, 0.15) is 13.8 Å². The van der Waals surface area contributed by atoms with Crippen LogP contribution in [-0.2, 0) is 10.0 Å².